The van der Waals surface area contributed by atoms with E-state index in [9.17, 15) is 13.2 Å². The monoisotopic (exact) mass is 470 g/mol. The van der Waals surface area contributed by atoms with E-state index in [0.29, 0.717) is 5.69 Å². The summed E-state index contributed by atoms with van der Waals surface area (Å²) in [5.41, 5.74) is 2.15. The number of nitrogens with zero attached hydrogens (tertiary/aromatic N) is 3. The number of amides is 1. The number of carbonyl (C=O) groups is 1. The molecule has 0 saturated heterocycles. The van der Waals surface area contributed by atoms with E-state index in [1.54, 1.807) is 29.2 Å². The van der Waals surface area contributed by atoms with Crippen molar-refractivity contribution in [1.29, 1.82) is 0 Å². The van der Waals surface area contributed by atoms with Crippen LogP contribution in [0.1, 0.15) is 11.4 Å². The molecule has 1 aromatic carbocycles. The van der Waals surface area contributed by atoms with Gasteiger partial charge in [-0.05, 0) is 49.4 Å². The van der Waals surface area contributed by atoms with Gasteiger partial charge in [0, 0.05) is 17.3 Å². The van der Waals surface area contributed by atoms with Crippen molar-refractivity contribution in [2.75, 3.05) is 0 Å². The van der Waals surface area contributed by atoms with E-state index in [1.807, 2.05) is 49.4 Å². The van der Waals surface area contributed by atoms with Gasteiger partial charge in [-0.2, -0.15) is 5.10 Å². The number of aromatic nitrogens is 3. The molecular formula is C21H18N4O3S3. The molecule has 0 radical (unpaired) electrons. The number of nitrogens with one attached hydrogen (secondary N) is 1. The van der Waals surface area contributed by atoms with Crippen LogP contribution in [0.4, 0.5) is 0 Å². The average molecular weight is 471 g/mol. The summed E-state index contributed by atoms with van der Waals surface area (Å²) in [7, 11) is -3.96. The van der Waals surface area contributed by atoms with E-state index in [4.69, 9.17) is 0 Å². The Morgan fingerprint density at radius 3 is 2.58 bits per heavy atom. The van der Waals surface area contributed by atoms with Gasteiger partial charge in [0.15, 0.2) is 0 Å². The fourth-order valence-corrected chi connectivity index (χ4v) is 6.43. The Morgan fingerprint density at radius 2 is 1.84 bits per heavy atom. The van der Waals surface area contributed by atoms with E-state index in [2.05, 4.69) is 14.8 Å². The second-order valence-corrected chi connectivity index (χ2v) is 11.0. The summed E-state index contributed by atoms with van der Waals surface area (Å²) >= 11 is 2.55. The maximum absolute atomic E-state index is 12.7. The van der Waals surface area contributed by atoms with E-state index >= 15 is 0 Å². The van der Waals surface area contributed by atoms with Gasteiger partial charge in [0.05, 0.1) is 27.7 Å². The Hall–Kier alpha value is -2.95. The lowest BCUT2D eigenvalue weighted by atomic mass is 10.2. The molecular weight excluding hydrogens is 452 g/mol. The molecule has 7 nitrogen and oxygen atoms in total. The van der Waals surface area contributed by atoms with Gasteiger partial charge in [-0.3, -0.25) is 9.78 Å². The molecule has 0 unspecified atom stereocenters. The highest BCUT2D eigenvalue weighted by Gasteiger charge is 2.22. The molecule has 1 amide bonds. The summed E-state index contributed by atoms with van der Waals surface area (Å²) in [6, 6.07) is 18.1. The fourth-order valence-electron chi connectivity index (χ4n) is 2.90. The number of aryl methyl sites for hydroxylation is 1. The first-order valence-electron chi connectivity index (χ1n) is 9.25. The minimum Gasteiger partial charge on any atom is -0.274 e. The summed E-state index contributed by atoms with van der Waals surface area (Å²) in [5, 5.41) is 4.41. The van der Waals surface area contributed by atoms with Crippen LogP contribution in [0.25, 0.3) is 5.69 Å². The summed E-state index contributed by atoms with van der Waals surface area (Å²) in [6.07, 6.45) is 3.24. The third kappa shape index (κ3) is 5.22. The minimum atomic E-state index is -3.96. The number of pyridine rings is 1. The van der Waals surface area contributed by atoms with Crippen molar-refractivity contribution in [3.63, 3.8) is 0 Å². The van der Waals surface area contributed by atoms with Crippen LogP contribution in [0.2, 0.25) is 0 Å². The average Bonchev–Trinajstić information content (AvgIpc) is 3.36. The van der Waals surface area contributed by atoms with Gasteiger partial charge in [-0.15, -0.1) is 11.3 Å². The molecule has 0 aliphatic rings. The molecule has 4 rings (SSSR count). The number of carbonyl (C=O) groups excluding carboxylic acids is 1. The second-order valence-electron chi connectivity index (χ2n) is 6.59. The standard InChI is InChI=1S/C21H18N4O3S3/c1-15-13-17(25(23-15)16-5-3-2-4-6-16)14-19(26)24-31(27,28)21-8-7-20(30-21)29-18-9-11-22-12-10-18/h2-13H,14H2,1H3,(H,24,26). The van der Waals surface area contributed by atoms with Crippen LogP contribution in [0.15, 0.2) is 86.4 Å². The highest BCUT2D eigenvalue weighted by Crippen LogP contribution is 2.34. The lowest BCUT2D eigenvalue weighted by molar-refractivity contribution is -0.118. The van der Waals surface area contributed by atoms with Crippen molar-refractivity contribution >= 4 is 39.0 Å². The Morgan fingerprint density at radius 1 is 1.10 bits per heavy atom. The third-order valence-electron chi connectivity index (χ3n) is 4.19. The predicted octanol–water partition coefficient (Wildman–Crippen LogP) is 3.84. The predicted molar refractivity (Wildman–Crippen MR) is 120 cm³/mol. The highest BCUT2D eigenvalue weighted by atomic mass is 32.3. The lowest BCUT2D eigenvalue weighted by Crippen LogP contribution is -2.31. The van der Waals surface area contributed by atoms with Crippen LogP contribution >= 0.6 is 23.1 Å². The van der Waals surface area contributed by atoms with E-state index in [-0.39, 0.29) is 10.6 Å². The number of rotatable bonds is 7. The van der Waals surface area contributed by atoms with E-state index in [1.165, 1.54) is 17.8 Å². The van der Waals surface area contributed by atoms with Gasteiger partial charge >= 0.3 is 0 Å². The van der Waals surface area contributed by atoms with Crippen molar-refractivity contribution in [2.24, 2.45) is 0 Å². The highest BCUT2D eigenvalue weighted by molar-refractivity contribution is 8.01. The third-order valence-corrected chi connectivity index (χ3v) is 8.28. The lowest BCUT2D eigenvalue weighted by Gasteiger charge is -2.08. The summed E-state index contributed by atoms with van der Waals surface area (Å²) in [4.78, 5) is 17.5. The number of thiophene rings is 1. The van der Waals surface area contributed by atoms with Crippen LogP contribution in [0, 0.1) is 6.92 Å². The first-order valence-corrected chi connectivity index (χ1v) is 12.4. The summed E-state index contributed by atoms with van der Waals surface area (Å²) in [5.74, 6) is -0.617. The van der Waals surface area contributed by atoms with Gasteiger partial charge in [0.2, 0.25) is 5.91 Å². The molecule has 3 heterocycles. The summed E-state index contributed by atoms with van der Waals surface area (Å²) in [6.45, 7) is 1.82. The Kier molecular flexibility index (Phi) is 6.21. The molecule has 0 saturated carbocycles. The van der Waals surface area contributed by atoms with Crippen LogP contribution in [-0.4, -0.2) is 29.1 Å². The molecule has 0 atom stereocenters. The Balaban J connectivity index is 1.47. The van der Waals surface area contributed by atoms with Gasteiger partial charge in [0.1, 0.15) is 4.21 Å². The number of hydrogen-bond acceptors (Lipinski definition) is 7. The molecule has 158 valence electrons. The smallest absolute Gasteiger partial charge is 0.273 e. The van der Waals surface area contributed by atoms with Crippen molar-refractivity contribution < 1.29 is 13.2 Å². The molecule has 1 N–H and O–H groups in total. The van der Waals surface area contributed by atoms with Gasteiger partial charge < -0.3 is 0 Å². The zero-order chi connectivity index (χ0) is 21.8. The topological polar surface area (TPSA) is 94.0 Å². The summed E-state index contributed by atoms with van der Waals surface area (Å²) < 4.78 is 30.1. The van der Waals surface area contributed by atoms with E-state index in [0.717, 1.165) is 31.8 Å². The molecule has 10 heteroatoms. The van der Waals surface area contributed by atoms with Crippen LogP contribution in [0.5, 0.6) is 0 Å². The van der Waals surface area contributed by atoms with Crippen LogP contribution in [-0.2, 0) is 21.2 Å². The number of benzene rings is 1. The van der Waals surface area contributed by atoms with Gasteiger partial charge in [0.25, 0.3) is 10.0 Å². The van der Waals surface area contributed by atoms with Crippen molar-refractivity contribution in [3.05, 3.63) is 84.4 Å². The molecule has 31 heavy (non-hydrogen) atoms. The van der Waals surface area contributed by atoms with Crippen LogP contribution < -0.4 is 4.72 Å². The van der Waals surface area contributed by atoms with E-state index < -0.39 is 15.9 Å². The molecule has 0 bridgehead atoms. The molecule has 3 aromatic heterocycles. The first-order chi connectivity index (χ1) is 14.9. The molecule has 0 fully saturated rings. The fraction of sp³-hybridized carbons (Fsp3) is 0.0952. The molecule has 0 aliphatic heterocycles. The van der Waals surface area contributed by atoms with Crippen molar-refractivity contribution in [2.45, 2.75) is 26.7 Å². The van der Waals surface area contributed by atoms with Crippen molar-refractivity contribution in [3.8, 4) is 5.69 Å². The maximum atomic E-state index is 12.7. The second kappa shape index (κ2) is 9.04. The zero-order valence-corrected chi connectivity index (χ0v) is 18.9. The van der Waals surface area contributed by atoms with Crippen LogP contribution in [0.3, 0.4) is 0 Å². The number of hydrogen-bond donors (Lipinski definition) is 1. The number of sulfonamides is 1. The normalized spacial score (nSPS) is 11.4. The molecule has 0 aliphatic carbocycles. The molecule has 0 spiro atoms. The number of para-hydroxylation sites is 1. The largest absolute Gasteiger partial charge is 0.274 e. The van der Waals surface area contributed by atoms with Gasteiger partial charge in [-0.1, -0.05) is 30.0 Å². The SMILES string of the molecule is Cc1cc(CC(=O)NS(=O)(=O)c2ccc(Sc3ccncc3)s2)n(-c2ccccc2)n1. The Bertz CT molecular complexity index is 1300. The van der Waals surface area contributed by atoms with Crippen molar-refractivity contribution in [1.82, 2.24) is 19.5 Å². The first kappa shape index (κ1) is 21.3. The minimum absolute atomic E-state index is 0.0881. The maximum Gasteiger partial charge on any atom is 0.273 e. The quantitative estimate of drug-likeness (QED) is 0.441. The Labute approximate surface area is 188 Å². The molecule has 4 aromatic rings. The zero-order valence-electron chi connectivity index (χ0n) is 16.4. The van der Waals surface area contributed by atoms with Gasteiger partial charge in [-0.25, -0.2) is 17.8 Å².